The first kappa shape index (κ1) is 15.0. The van der Waals surface area contributed by atoms with Gasteiger partial charge in [-0.2, -0.15) is 0 Å². The standard InChI is InChI=1S/C16H17ClFNO/c17-15-10-14(6-7-16(15)18)13-4-2-12(3-5-13)11-20-9-1-8-19/h2-7,10H,1,8-9,11,19H2. The molecule has 0 unspecified atom stereocenters. The summed E-state index contributed by atoms with van der Waals surface area (Å²) >= 11 is 5.79. The van der Waals surface area contributed by atoms with E-state index in [2.05, 4.69) is 0 Å². The van der Waals surface area contributed by atoms with Gasteiger partial charge in [0.1, 0.15) is 5.82 Å². The Kier molecular flexibility index (Phi) is 5.53. The highest BCUT2D eigenvalue weighted by Crippen LogP contribution is 2.25. The maximum absolute atomic E-state index is 13.1. The third kappa shape index (κ3) is 4.04. The maximum atomic E-state index is 13.1. The van der Waals surface area contributed by atoms with Crippen LogP contribution in [-0.2, 0) is 11.3 Å². The van der Waals surface area contributed by atoms with Gasteiger partial charge < -0.3 is 10.5 Å². The molecule has 2 aromatic carbocycles. The lowest BCUT2D eigenvalue weighted by Gasteiger charge is -2.06. The third-order valence-electron chi connectivity index (χ3n) is 2.97. The molecule has 0 amide bonds. The van der Waals surface area contributed by atoms with Crippen molar-refractivity contribution in [2.75, 3.05) is 13.2 Å². The first-order valence-electron chi connectivity index (χ1n) is 6.53. The van der Waals surface area contributed by atoms with Gasteiger partial charge in [-0.25, -0.2) is 4.39 Å². The van der Waals surface area contributed by atoms with Gasteiger partial charge in [-0.05, 0) is 41.8 Å². The van der Waals surface area contributed by atoms with Crippen molar-refractivity contribution in [1.82, 2.24) is 0 Å². The summed E-state index contributed by atoms with van der Waals surface area (Å²) < 4.78 is 18.6. The number of rotatable bonds is 6. The Morgan fingerprint density at radius 3 is 2.40 bits per heavy atom. The SMILES string of the molecule is NCCCOCc1ccc(-c2ccc(F)c(Cl)c2)cc1. The zero-order valence-corrected chi connectivity index (χ0v) is 11.9. The quantitative estimate of drug-likeness (QED) is 0.817. The first-order valence-corrected chi connectivity index (χ1v) is 6.90. The lowest BCUT2D eigenvalue weighted by atomic mass is 10.0. The predicted octanol–water partition coefficient (Wildman–Crippen LogP) is 4.01. The molecule has 0 radical (unpaired) electrons. The topological polar surface area (TPSA) is 35.2 Å². The molecule has 0 bridgehead atoms. The second-order valence-corrected chi connectivity index (χ2v) is 4.93. The monoisotopic (exact) mass is 293 g/mol. The maximum Gasteiger partial charge on any atom is 0.141 e. The average Bonchev–Trinajstić information content (AvgIpc) is 2.47. The van der Waals surface area contributed by atoms with Gasteiger partial charge in [0.15, 0.2) is 0 Å². The summed E-state index contributed by atoms with van der Waals surface area (Å²) in [5.74, 6) is -0.402. The van der Waals surface area contributed by atoms with E-state index in [-0.39, 0.29) is 5.02 Å². The zero-order chi connectivity index (χ0) is 14.4. The first-order chi connectivity index (χ1) is 9.70. The van der Waals surface area contributed by atoms with Crippen LogP contribution in [0.4, 0.5) is 4.39 Å². The molecule has 2 N–H and O–H groups in total. The van der Waals surface area contributed by atoms with Gasteiger partial charge >= 0.3 is 0 Å². The van der Waals surface area contributed by atoms with Crippen molar-refractivity contribution in [1.29, 1.82) is 0 Å². The summed E-state index contributed by atoms with van der Waals surface area (Å²) in [7, 11) is 0. The van der Waals surface area contributed by atoms with Crippen LogP contribution in [0.15, 0.2) is 42.5 Å². The van der Waals surface area contributed by atoms with E-state index in [0.717, 1.165) is 23.1 Å². The van der Waals surface area contributed by atoms with Crippen molar-refractivity contribution in [2.24, 2.45) is 5.73 Å². The molecule has 0 aliphatic carbocycles. The van der Waals surface area contributed by atoms with Gasteiger partial charge in [-0.15, -0.1) is 0 Å². The number of hydrogen-bond acceptors (Lipinski definition) is 2. The molecule has 0 fully saturated rings. The van der Waals surface area contributed by atoms with Crippen LogP contribution < -0.4 is 5.73 Å². The van der Waals surface area contributed by atoms with Crippen LogP contribution in [0.25, 0.3) is 11.1 Å². The molecule has 0 saturated carbocycles. The smallest absolute Gasteiger partial charge is 0.141 e. The fraction of sp³-hybridized carbons (Fsp3) is 0.250. The van der Waals surface area contributed by atoms with Gasteiger partial charge in [0, 0.05) is 6.61 Å². The van der Waals surface area contributed by atoms with Gasteiger partial charge in [0.25, 0.3) is 0 Å². The molecular formula is C16H17ClFNO. The molecule has 2 aromatic rings. The van der Waals surface area contributed by atoms with E-state index < -0.39 is 5.82 Å². The minimum Gasteiger partial charge on any atom is -0.377 e. The molecule has 0 aromatic heterocycles. The van der Waals surface area contributed by atoms with E-state index in [0.29, 0.717) is 19.8 Å². The van der Waals surface area contributed by atoms with Crippen LogP contribution in [0.5, 0.6) is 0 Å². The highest BCUT2D eigenvalue weighted by atomic mass is 35.5. The molecule has 106 valence electrons. The molecule has 2 nitrogen and oxygen atoms in total. The molecule has 20 heavy (non-hydrogen) atoms. The normalized spacial score (nSPS) is 10.8. The van der Waals surface area contributed by atoms with Crippen molar-refractivity contribution < 1.29 is 9.13 Å². The Hall–Kier alpha value is -1.42. The average molecular weight is 294 g/mol. The summed E-state index contributed by atoms with van der Waals surface area (Å²) in [4.78, 5) is 0. The highest BCUT2D eigenvalue weighted by Gasteiger charge is 2.03. The molecule has 4 heteroatoms. The molecule has 0 aliphatic heterocycles. The predicted molar refractivity (Wildman–Crippen MR) is 80.2 cm³/mol. The number of hydrogen-bond donors (Lipinski definition) is 1. The van der Waals surface area contributed by atoms with Crippen LogP contribution >= 0.6 is 11.6 Å². The minimum absolute atomic E-state index is 0.136. The summed E-state index contributed by atoms with van der Waals surface area (Å²) in [6.45, 7) is 1.89. The lowest BCUT2D eigenvalue weighted by molar-refractivity contribution is 0.120. The molecule has 0 saturated heterocycles. The van der Waals surface area contributed by atoms with E-state index in [4.69, 9.17) is 22.1 Å². The van der Waals surface area contributed by atoms with Crippen LogP contribution in [-0.4, -0.2) is 13.2 Å². The summed E-state index contributed by atoms with van der Waals surface area (Å²) in [6.07, 6.45) is 0.867. The fourth-order valence-corrected chi connectivity index (χ4v) is 2.03. The number of nitrogens with two attached hydrogens (primary N) is 1. The third-order valence-corrected chi connectivity index (χ3v) is 3.26. The van der Waals surface area contributed by atoms with Crippen LogP contribution in [0, 0.1) is 5.82 Å². The largest absolute Gasteiger partial charge is 0.377 e. The Balaban J connectivity index is 2.02. The van der Waals surface area contributed by atoms with Crippen LogP contribution in [0.2, 0.25) is 5.02 Å². The van der Waals surface area contributed by atoms with Crippen molar-refractivity contribution in [3.8, 4) is 11.1 Å². The van der Waals surface area contributed by atoms with Crippen LogP contribution in [0.3, 0.4) is 0 Å². The van der Waals surface area contributed by atoms with Crippen molar-refractivity contribution in [3.05, 3.63) is 58.9 Å². The zero-order valence-electron chi connectivity index (χ0n) is 11.1. The molecule has 0 atom stereocenters. The van der Waals surface area contributed by atoms with E-state index in [1.54, 1.807) is 12.1 Å². The van der Waals surface area contributed by atoms with Crippen molar-refractivity contribution in [2.45, 2.75) is 13.0 Å². The molecular weight excluding hydrogens is 277 g/mol. The summed E-state index contributed by atoms with van der Waals surface area (Å²) in [5, 5.41) is 0.136. The molecule has 2 rings (SSSR count). The molecule has 0 heterocycles. The van der Waals surface area contributed by atoms with Gasteiger partial charge in [-0.3, -0.25) is 0 Å². The van der Waals surface area contributed by atoms with Gasteiger partial charge in [-0.1, -0.05) is 41.9 Å². The van der Waals surface area contributed by atoms with E-state index >= 15 is 0 Å². The Morgan fingerprint density at radius 2 is 1.75 bits per heavy atom. The second-order valence-electron chi connectivity index (χ2n) is 4.52. The van der Waals surface area contributed by atoms with Crippen molar-refractivity contribution >= 4 is 11.6 Å². The highest BCUT2D eigenvalue weighted by molar-refractivity contribution is 6.31. The van der Waals surface area contributed by atoms with E-state index in [9.17, 15) is 4.39 Å². The molecule has 0 aliphatic rings. The number of benzene rings is 2. The second kappa shape index (κ2) is 7.39. The summed E-state index contributed by atoms with van der Waals surface area (Å²) in [6, 6.07) is 12.7. The number of ether oxygens (including phenoxy) is 1. The van der Waals surface area contributed by atoms with E-state index in [1.165, 1.54) is 6.07 Å². The lowest BCUT2D eigenvalue weighted by Crippen LogP contribution is -2.04. The molecule has 0 spiro atoms. The fourth-order valence-electron chi connectivity index (χ4n) is 1.84. The Morgan fingerprint density at radius 1 is 1.05 bits per heavy atom. The van der Waals surface area contributed by atoms with Crippen molar-refractivity contribution in [3.63, 3.8) is 0 Å². The number of halogens is 2. The van der Waals surface area contributed by atoms with E-state index in [1.807, 2.05) is 24.3 Å². The Bertz CT molecular complexity index is 557. The van der Waals surface area contributed by atoms with Gasteiger partial charge in [0.2, 0.25) is 0 Å². The minimum atomic E-state index is -0.402. The van der Waals surface area contributed by atoms with Gasteiger partial charge in [0.05, 0.1) is 11.6 Å². The summed E-state index contributed by atoms with van der Waals surface area (Å²) in [5.41, 5.74) is 8.39. The van der Waals surface area contributed by atoms with Crippen LogP contribution in [0.1, 0.15) is 12.0 Å². The Labute approximate surface area is 123 Å².